The van der Waals surface area contributed by atoms with Crippen LogP contribution in [0, 0.1) is 5.82 Å². The van der Waals surface area contributed by atoms with Crippen LogP contribution in [0.25, 0.3) is 0 Å². The highest BCUT2D eigenvalue weighted by molar-refractivity contribution is 5.44. The molecule has 0 bridgehead atoms. The molecule has 2 aromatic rings. The maximum atomic E-state index is 13.4. The molecular formula is C26H37FN4. The second kappa shape index (κ2) is 11.9. The van der Waals surface area contributed by atoms with Gasteiger partial charge in [0.05, 0.1) is 0 Å². The van der Waals surface area contributed by atoms with Crippen LogP contribution in [0.15, 0.2) is 60.8 Å². The van der Waals surface area contributed by atoms with Gasteiger partial charge in [-0.15, -0.1) is 0 Å². The molecule has 0 unspecified atom stereocenters. The van der Waals surface area contributed by atoms with Crippen molar-refractivity contribution in [3.63, 3.8) is 0 Å². The third kappa shape index (κ3) is 7.37. The predicted molar refractivity (Wildman–Crippen MR) is 129 cm³/mol. The SMILES string of the molecule is C=C(Cc1ccc(CN(CC)CCNC)cc1)N1CCC(Nc2cccc(F)c2)CC1. The van der Waals surface area contributed by atoms with Crippen molar-refractivity contribution in [2.45, 2.75) is 38.8 Å². The Balaban J connectivity index is 1.44. The summed E-state index contributed by atoms with van der Waals surface area (Å²) in [6.45, 7) is 12.7. The van der Waals surface area contributed by atoms with Gasteiger partial charge in [-0.05, 0) is 55.8 Å². The Labute approximate surface area is 187 Å². The summed E-state index contributed by atoms with van der Waals surface area (Å²) in [7, 11) is 2.00. The minimum Gasteiger partial charge on any atom is -0.382 e. The van der Waals surface area contributed by atoms with Gasteiger partial charge >= 0.3 is 0 Å². The van der Waals surface area contributed by atoms with Crippen LogP contribution in [0.5, 0.6) is 0 Å². The number of likely N-dealkylation sites (N-methyl/N-ethyl adjacent to an activating group) is 2. The molecule has 0 spiro atoms. The van der Waals surface area contributed by atoms with Crippen molar-refractivity contribution in [1.82, 2.24) is 15.1 Å². The topological polar surface area (TPSA) is 30.5 Å². The molecule has 0 amide bonds. The molecule has 0 aromatic heterocycles. The van der Waals surface area contributed by atoms with Crippen LogP contribution in [0.4, 0.5) is 10.1 Å². The predicted octanol–water partition coefficient (Wildman–Crippen LogP) is 4.50. The number of anilines is 1. The normalized spacial score (nSPS) is 14.8. The van der Waals surface area contributed by atoms with Crippen LogP contribution in [0.1, 0.15) is 30.9 Å². The molecule has 1 fully saturated rings. The molecule has 0 saturated carbocycles. The van der Waals surface area contributed by atoms with Gasteiger partial charge in [-0.1, -0.05) is 43.8 Å². The minimum absolute atomic E-state index is 0.192. The van der Waals surface area contributed by atoms with Gasteiger partial charge in [-0.3, -0.25) is 4.90 Å². The van der Waals surface area contributed by atoms with Crippen molar-refractivity contribution < 1.29 is 4.39 Å². The Morgan fingerprint density at radius 2 is 1.84 bits per heavy atom. The Morgan fingerprint density at radius 1 is 1.13 bits per heavy atom. The van der Waals surface area contributed by atoms with E-state index in [2.05, 4.69) is 58.2 Å². The molecule has 2 N–H and O–H groups in total. The summed E-state index contributed by atoms with van der Waals surface area (Å²) < 4.78 is 13.4. The molecule has 0 radical (unpaired) electrons. The average Bonchev–Trinajstić information content (AvgIpc) is 2.78. The van der Waals surface area contributed by atoms with Gasteiger partial charge in [-0.2, -0.15) is 0 Å². The summed E-state index contributed by atoms with van der Waals surface area (Å²) in [5.41, 5.74) is 4.72. The maximum absolute atomic E-state index is 13.4. The van der Waals surface area contributed by atoms with E-state index in [4.69, 9.17) is 0 Å². The van der Waals surface area contributed by atoms with Gasteiger partial charge in [0.2, 0.25) is 0 Å². The fourth-order valence-electron chi connectivity index (χ4n) is 4.14. The zero-order valence-electron chi connectivity index (χ0n) is 19.0. The highest BCUT2D eigenvalue weighted by Crippen LogP contribution is 2.21. The van der Waals surface area contributed by atoms with Crippen LogP contribution in [0.3, 0.4) is 0 Å². The smallest absolute Gasteiger partial charge is 0.125 e. The monoisotopic (exact) mass is 424 g/mol. The first-order valence-corrected chi connectivity index (χ1v) is 11.5. The first kappa shape index (κ1) is 23.3. The highest BCUT2D eigenvalue weighted by atomic mass is 19.1. The lowest BCUT2D eigenvalue weighted by molar-refractivity contribution is 0.268. The van der Waals surface area contributed by atoms with E-state index in [1.165, 1.54) is 22.9 Å². The minimum atomic E-state index is -0.192. The van der Waals surface area contributed by atoms with Crippen LogP contribution < -0.4 is 10.6 Å². The molecule has 5 heteroatoms. The standard InChI is InChI=1S/C26H37FN4/c1-4-30(17-14-28-3)20-23-10-8-22(9-11-23)18-21(2)31-15-12-25(13-16-31)29-26-7-5-6-24(27)19-26/h5-11,19,25,28-29H,2,4,12-18,20H2,1,3H3. The first-order valence-electron chi connectivity index (χ1n) is 11.5. The van der Waals surface area contributed by atoms with Crippen molar-refractivity contribution in [2.75, 3.05) is 45.1 Å². The Morgan fingerprint density at radius 3 is 2.48 bits per heavy atom. The van der Waals surface area contributed by atoms with E-state index in [1.54, 1.807) is 12.1 Å². The molecule has 31 heavy (non-hydrogen) atoms. The lowest BCUT2D eigenvalue weighted by Crippen LogP contribution is -2.38. The van der Waals surface area contributed by atoms with Crippen LogP contribution in [-0.2, 0) is 13.0 Å². The maximum Gasteiger partial charge on any atom is 0.125 e. The van der Waals surface area contributed by atoms with Gasteiger partial charge in [0.15, 0.2) is 0 Å². The van der Waals surface area contributed by atoms with Crippen molar-refractivity contribution in [3.05, 3.63) is 77.8 Å². The molecule has 1 heterocycles. The molecule has 2 aromatic carbocycles. The second-order valence-electron chi connectivity index (χ2n) is 8.45. The highest BCUT2D eigenvalue weighted by Gasteiger charge is 2.20. The number of hydrogen-bond donors (Lipinski definition) is 2. The average molecular weight is 425 g/mol. The number of nitrogens with one attached hydrogen (secondary N) is 2. The Kier molecular flexibility index (Phi) is 8.92. The van der Waals surface area contributed by atoms with Gasteiger partial charge in [0.1, 0.15) is 5.82 Å². The largest absolute Gasteiger partial charge is 0.382 e. The molecule has 1 aliphatic heterocycles. The van der Waals surface area contributed by atoms with E-state index in [9.17, 15) is 4.39 Å². The molecule has 4 nitrogen and oxygen atoms in total. The zero-order chi connectivity index (χ0) is 22.1. The van der Waals surface area contributed by atoms with E-state index >= 15 is 0 Å². The number of nitrogens with zero attached hydrogens (tertiary/aromatic N) is 2. The second-order valence-corrected chi connectivity index (χ2v) is 8.45. The summed E-state index contributed by atoms with van der Waals surface area (Å²) in [5.74, 6) is -0.192. The number of hydrogen-bond acceptors (Lipinski definition) is 4. The number of likely N-dealkylation sites (tertiary alicyclic amines) is 1. The third-order valence-corrected chi connectivity index (χ3v) is 6.10. The van der Waals surface area contributed by atoms with Crippen LogP contribution in [0.2, 0.25) is 0 Å². The molecular weight excluding hydrogens is 387 g/mol. The fraction of sp³-hybridized carbons (Fsp3) is 0.462. The Hall–Kier alpha value is -2.37. The molecule has 0 aliphatic carbocycles. The van der Waals surface area contributed by atoms with Crippen molar-refractivity contribution in [2.24, 2.45) is 0 Å². The van der Waals surface area contributed by atoms with Crippen molar-refractivity contribution in [3.8, 4) is 0 Å². The lowest BCUT2D eigenvalue weighted by Gasteiger charge is -2.35. The van der Waals surface area contributed by atoms with Crippen molar-refractivity contribution in [1.29, 1.82) is 0 Å². The molecule has 1 saturated heterocycles. The van der Waals surface area contributed by atoms with Crippen LogP contribution >= 0.6 is 0 Å². The quantitative estimate of drug-likeness (QED) is 0.556. The molecule has 1 aliphatic rings. The summed E-state index contributed by atoms with van der Waals surface area (Å²) >= 11 is 0. The van der Waals surface area contributed by atoms with Crippen molar-refractivity contribution >= 4 is 5.69 Å². The number of halogens is 1. The third-order valence-electron chi connectivity index (χ3n) is 6.10. The number of rotatable bonds is 11. The van der Waals surface area contributed by atoms with Gasteiger partial charge in [-0.25, -0.2) is 4.39 Å². The van der Waals surface area contributed by atoms with E-state index < -0.39 is 0 Å². The number of piperidine rings is 1. The fourth-order valence-corrected chi connectivity index (χ4v) is 4.14. The molecule has 168 valence electrons. The van der Waals surface area contributed by atoms with E-state index in [-0.39, 0.29) is 5.82 Å². The summed E-state index contributed by atoms with van der Waals surface area (Å²) in [6, 6.07) is 16.1. The van der Waals surface area contributed by atoms with E-state index in [0.717, 1.165) is 64.2 Å². The number of allylic oxidation sites excluding steroid dienone is 1. The van der Waals surface area contributed by atoms with Gasteiger partial charge in [0, 0.05) is 56.6 Å². The molecule has 3 rings (SSSR count). The summed E-state index contributed by atoms with van der Waals surface area (Å²) in [5, 5.41) is 6.69. The Bertz CT molecular complexity index is 812. The van der Waals surface area contributed by atoms with E-state index in [0.29, 0.717) is 6.04 Å². The van der Waals surface area contributed by atoms with Crippen LogP contribution in [-0.4, -0.2) is 55.6 Å². The molecule has 0 atom stereocenters. The number of benzene rings is 2. The summed E-state index contributed by atoms with van der Waals surface area (Å²) in [6.07, 6.45) is 2.96. The lowest BCUT2D eigenvalue weighted by atomic mass is 10.0. The zero-order valence-corrected chi connectivity index (χ0v) is 19.0. The van der Waals surface area contributed by atoms with Gasteiger partial charge < -0.3 is 15.5 Å². The first-order chi connectivity index (χ1) is 15.1. The summed E-state index contributed by atoms with van der Waals surface area (Å²) in [4.78, 5) is 4.85. The van der Waals surface area contributed by atoms with Gasteiger partial charge in [0.25, 0.3) is 0 Å². The van der Waals surface area contributed by atoms with E-state index in [1.807, 2.05) is 13.1 Å².